The van der Waals surface area contributed by atoms with Gasteiger partial charge in [-0.05, 0) is 45.7 Å². The number of carbonyl (C=O) groups excluding carboxylic acids is 1. The largest absolute Gasteiger partial charge is 0.474 e. The van der Waals surface area contributed by atoms with Crippen LogP contribution in [0.5, 0.6) is 5.75 Å². The van der Waals surface area contributed by atoms with Gasteiger partial charge in [-0.15, -0.1) is 0 Å². The molecule has 12 heteroatoms. The maximum atomic E-state index is 12.7. The molecule has 31 heavy (non-hydrogen) atoms. The summed E-state index contributed by atoms with van der Waals surface area (Å²) in [6.07, 6.45) is 1.98. The average Bonchev–Trinajstić information content (AvgIpc) is 3.40. The zero-order valence-electron chi connectivity index (χ0n) is 17.5. The molecule has 1 N–H and O–H groups in total. The Bertz CT molecular complexity index is 1080. The molecule has 11 nitrogen and oxygen atoms in total. The molecule has 2 aromatic rings. The van der Waals surface area contributed by atoms with Gasteiger partial charge in [0.2, 0.25) is 10.0 Å². The van der Waals surface area contributed by atoms with Crippen LogP contribution >= 0.6 is 0 Å². The van der Waals surface area contributed by atoms with Crippen LogP contribution in [0.1, 0.15) is 39.7 Å². The van der Waals surface area contributed by atoms with Gasteiger partial charge in [-0.25, -0.2) is 13.1 Å². The van der Waals surface area contributed by atoms with Crippen molar-refractivity contribution in [3.8, 4) is 5.75 Å². The lowest BCUT2D eigenvalue weighted by Crippen LogP contribution is -2.31. The van der Waals surface area contributed by atoms with Crippen LogP contribution in [0.15, 0.2) is 35.4 Å². The first-order valence-corrected chi connectivity index (χ1v) is 11.3. The van der Waals surface area contributed by atoms with Crippen LogP contribution < -0.4 is 10.1 Å². The van der Waals surface area contributed by atoms with Crippen molar-refractivity contribution in [2.45, 2.75) is 50.7 Å². The molecule has 1 aliphatic rings. The van der Waals surface area contributed by atoms with E-state index in [0.29, 0.717) is 18.9 Å². The molecule has 1 atom stereocenters. The molecule has 1 aliphatic heterocycles. The lowest BCUT2D eigenvalue weighted by Gasteiger charge is -2.18. The monoisotopic (exact) mass is 451 g/mol. The SMILES string of the molecule is CC(C)n1nccc1NC(=O)[C@@H](C)Oc1ccc(S(=O)(=O)N2CCCC2)cc1[N+](=O)[O-]. The molecular weight excluding hydrogens is 426 g/mol. The number of nitrogens with one attached hydrogen (secondary N) is 1. The number of anilines is 1. The van der Waals surface area contributed by atoms with Crippen LogP contribution in [0.3, 0.4) is 0 Å². The number of sulfonamides is 1. The Morgan fingerprint density at radius 1 is 1.23 bits per heavy atom. The Labute approximate surface area is 180 Å². The van der Waals surface area contributed by atoms with Gasteiger partial charge < -0.3 is 10.1 Å². The van der Waals surface area contributed by atoms with Gasteiger partial charge in [-0.3, -0.25) is 14.9 Å². The highest BCUT2D eigenvalue weighted by atomic mass is 32.2. The van der Waals surface area contributed by atoms with Gasteiger partial charge in [0.25, 0.3) is 5.91 Å². The van der Waals surface area contributed by atoms with Crippen molar-refractivity contribution < 1.29 is 22.9 Å². The van der Waals surface area contributed by atoms with Crippen molar-refractivity contribution in [2.75, 3.05) is 18.4 Å². The first kappa shape index (κ1) is 22.7. The Balaban J connectivity index is 1.79. The zero-order chi connectivity index (χ0) is 22.8. The smallest absolute Gasteiger partial charge is 0.312 e. The summed E-state index contributed by atoms with van der Waals surface area (Å²) in [6.45, 7) is 6.04. The van der Waals surface area contributed by atoms with Crippen molar-refractivity contribution in [1.82, 2.24) is 14.1 Å². The summed E-state index contributed by atoms with van der Waals surface area (Å²) in [5.41, 5.74) is -0.521. The third-order valence-corrected chi connectivity index (χ3v) is 6.81. The third-order valence-electron chi connectivity index (χ3n) is 4.91. The summed E-state index contributed by atoms with van der Waals surface area (Å²) in [5.74, 6) is -0.243. The van der Waals surface area contributed by atoms with E-state index in [1.54, 1.807) is 16.9 Å². The number of benzene rings is 1. The van der Waals surface area contributed by atoms with Gasteiger partial charge in [0, 0.05) is 31.3 Å². The maximum absolute atomic E-state index is 12.7. The highest BCUT2D eigenvalue weighted by Crippen LogP contribution is 2.32. The molecule has 2 heterocycles. The molecule has 3 rings (SSSR count). The summed E-state index contributed by atoms with van der Waals surface area (Å²) in [7, 11) is -3.82. The van der Waals surface area contributed by atoms with Crippen LogP contribution in [-0.4, -0.2) is 52.5 Å². The molecule has 1 amide bonds. The Kier molecular flexibility index (Phi) is 6.60. The number of rotatable bonds is 8. The van der Waals surface area contributed by atoms with E-state index in [1.807, 2.05) is 13.8 Å². The molecule has 1 aromatic carbocycles. The summed E-state index contributed by atoms with van der Waals surface area (Å²) in [5, 5.41) is 18.4. The summed E-state index contributed by atoms with van der Waals surface area (Å²) < 4.78 is 33.9. The molecule has 0 radical (unpaired) electrons. The van der Waals surface area contributed by atoms with Crippen molar-refractivity contribution in [1.29, 1.82) is 0 Å². The van der Waals surface area contributed by atoms with Gasteiger partial charge in [0.15, 0.2) is 11.9 Å². The minimum absolute atomic E-state index is 0.0210. The zero-order valence-corrected chi connectivity index (χ0v) is 18.3. The minimum atomic E-state index is -3.82. The topological polar surface area (TPSA) is 137 Å². The molecule has 1 saturated heterocycles. The fourth-order valence-electron chi connectivity index (χ4n) is 3.27. The molecule has 168 valence electrons. The second-order valence-corrected chi connectivity index (χ2v) is 9.44. The third kappa shape index (κ3) is 4.85. The number of carbonyl (C=O) groups is 1. The first-order valence-electron chi connectivity index (χ1n) is 9.91. The predicted octanol–water partition coefficient (Wildman–Crippen LogP) is 2.56. The number of ether oxygens (including phenoxy) is 1. The second-order valence-electron chi connectivity index (χ2n) is 7.50. The highest BCUT2D eigenvalue weighted by molar-refractivity contribution is 7.89. The van der Waals surface area contributed by atoms with Gasteiger partial charge in [-0.2, -0.15) is 9.40 Å². The lowest BCUT2D eigenvalue weighted by molar-refractivity contribution is -0.386. The molecule has 0 aliphatic carbocycles. The van der Waals surface area contributed by atoms with E-state index in [1.165, 1.54) is 23.4 Å². The van der Waals surface area contributed by atoms with Gasteiger partial charge in [0.1, 0.15) is 5.82 Å². The first-order chi connectivity index (χ1) is 14.6. The molecule has 0 spiro atoms. The van der Waals surface area contributed by atoms with E-state index in [4.69, 9.17) is 4.74 Å². The normalized spacial score (nSPS) is 15.7. The van der Waals surface area contributed by atoms with E-state index < -0.39 is 32.6 Å². The molecule has 0 unspecified atom stereocenters. The summed E-state index contributed by atoms with van der Waals surface area (Å²) >= 11 is 0. The van der Waals surface area contributed by atoms with Crippen molar-refractivity contribution in [3.05, 3.63) is 40.6 Å². The van der Waals surface area contributed by atoms with Crippen LogP contribution in [0.2, 0.25) is 0 Å². The quantitative estimate of drug-likeness (QED) is 0.481. The summed E-state index contributed by atoms with van der Waals surface area (Å²) in [6, 6.07) is 5.09. The van der Waals surface area contributed by atoms with Gasteiger partial charge in [0.05, 0.1) is 16.0 Å². The number of nitro groups is 1. The predicted molar refractivity (Wildman–Crippen MR) is 112 cm³/mol. The number of amides is 1. The fourth-order valence-corrected chi connectivity index (χ4v) is 4.81. The number of aromatic nitrogens is 2. The standard InChI is InChI=1S/C19H25N5O6S/c1-13(2)23-18(8-9-20-23)21-19(25)14(3)30-17-7-6-15(12-16(17)24(26)27)31(28,29)22-10-4-5-11-22/h6-9,12-14H,4-5,10-11H2,1-3H3,(H,21,25)/t14-/m1/s1. The van der Waals surface area contributed by atoms with E-state index >= 15 is 0 Å². The van der Waals surface area contributed by atoms with Crippen LogP contribution in [0.25, 0.3) is 0 Å². The van der Waals surface area contributed by atoms with Crippen LogP contribution in [0, 0.1) is 10.1 Å². The maximum Gasteiger partial charge on any atom is 0.312 e. The molecular formula is C19H25N5O6S. The van der Waals surface area contributed by atoms with Gasteiger partial charge in [-0.1, -0.05) is 0 Å². The minimum Gasteiger partial charge on any atom is -0.474 e. The van der Waals surface area contributed by atoms with E-state index in [2.05, 4.69) is 10.4 Å². The summed E-state index contributed by atoms with van der Waals surface area (Å²) in [4.78, 5) is 23.2. The number of nitro benzene ring substituents is 1. The van der Waals surface area contributed by atoms with Crippen molar-refractivity contribution in [3.63, 3.8) is 0 Å². The number of hydrogen-bond acceptors (Lipinski definition) is 7. The number of hydrogen-bond donors (Lipinski definition) is 1. The Morgan fingerprint density at radius 3 is 2.52 bits per heavy atom. The number of nitrogens with zero attached hydrogens (tertiary/aromatic N) is 4. The molecule has 1 aromatic heterocycles. The van der Waals surface area contributed by atoms with Crippen molar-refractivity contribution >= 4 is 27.4 Å². The van der Waals surface area contributed by atoms with E-state index in [-0.39, 0.29) is 16.7 Å². The molecule has 0 saturated carbocycles. The van der Waals surface area contributed by atoms with Crippen LogP contribution in [-0.2, 0) is 14.8 Å². The average molecular weight is 452 g/mol. The lowest BCUT2D eigenvalue weighted by atomic mass is 10.3. The van der Waals surface area contributed by atoms with E-state index in [9.17, 15) is 23.3 Å². The second kappa shape index (κ2) is 9.02. The Hall–Kier alpha value is -2.99. The molecule has 1 fully saturated rings. The Morgan fingerprint density at radius 2 is 1.90 bits per heavy atom. The van der Waals surface area contributed by atoms with E-state index in [0.717, 1.165) is 18.9 Å². The highest BCUT2D eigenvalue weighted by Gasteiger charge is 2.30. The fraction of sp³-hybridized carbons (Fsp3) is 0.474. The van der Waals surface area contributed by atoms with Crippen molar-refractivity contribution in [2.24, 2.45) is 0 Å². The van der Waals surface area contributed by atoms with Gasteiger partial charge >= 0.3 is 5.69 Å². The molecule has 0 bridgehead atoms. The van der Waals surface area contributed by atoms with Crippen LogP contribution in [0.4, 0.5) is 11.5 Å².